The van der Waals surface area contributed by atoms with Crippen LogP contribution in [0.4, 0.5) is 5.69 Å². The smallest absolute Gasteiger partial charge is 0.227 e. The minimum Gasteiger partial charge on any atom is -0.343 e. The van der Waals surface area contributed by atoms with E-state index < -0.39 is 0 Å². The number of halogens is 2. The van der Waals surface area contributed by atoms with E-state index in [1.165, 1.54) is 0 Å². The topological polar surface area (TPSA) is 52.7 Å². The van der Waals surface area contributed by atoms with Crippen LogP contribution in [-0.4, -0.2) is 48.3 Å². The van der Waals surface area contributed by atoms with Crippen LogP contribution < -0.4 is 5.32 Å². The Bertz CT molecular complexity index is 1000. The number of amides is 2. The Kier molecular flexibility index (Phi) is 6.56. The normalized spacial score (nSPS) is 19.7. The third-order valence-corrected chi connectivity index (χ3v) is 6.92. The van der Waals surface area contributed by atoms with E-state index in [0.717, 1.165) is 35.5 Å². The van der Waals surface area contributed by atoms with Crippen molar-refractivity contribution in [3.8, 4) is 0 Å². The molecule has 1 atom stereocenters. The molecule has 2 heterocycles. The number of carbonyl (C=O) groups is 2. The average Bonchev–Trinajstić information content (AvgIpc) is 2.74. The number of carbonyl (C=O) groups excluding carboxylic acids is 2. The molecule has 31 heavy (non-hydrogen) atoms. The zero-order chi connectivity index (χ0) is 22.1. The average molecular weight is 460 g/mol. The number of hydrogen-bond acceptors (Lipinski definition) is 3. The summed E-state index contributed by atoms with van der Waals surface area (Å²) >= 11 is 12.8. The third kappa shape index (κ3) is 4.89. The summed E-state index contributed by atoms with van der Waals surface area (Å²) in [6.07, 6.45) is 1.39. The fraction of sp³-hybridized carbons (Fsp3) is 0.417. The minimum absolute atomic E-state index is 0.0209. The molecule has 2 aromatic carbocycles. The van der Waals surface area contributed by atoms with Crippen LogP contribution in [0.3, 0.4) is 0 Å². The highest BCUT2D eigenvalue weighted by Gasteiger charge is 2.28. The number of nitrogens with zero attached hydrogens (tertiary/aromatic N) is 2. The number of piperidine rings is 1. The molecule has 1 N–H and O–H groups in total. The maximum absolute atomic E-state index is 12.8. The fourth-order valence-corrected chi connectivity index (χ4v) is 5.23. The Labute approximate surface area is 193 Å². The highest BCUT2D eigenvalue weighted by molar-refractivity contribution is 6.35. The van der Waals surface area contributed by atoms with Crippen molar-refractivity contribution in [2.75, 3.05) is 32.0 Å². The molecule has 2 aliphatic rings. The Hall–Kier alpha value is -2.08. The van der Waals surface area contributed by atoms with Gasteiger partial charge < -0.3 is 15.1 Å². The second-order valence-corrected chi connectivity index (χ2v) is 9.44. The monoisotopic (exact) mass is 459 g/mol. The number of anilines is 1. The van der Waals surface area contributed by atoms with Crippen molar-refractivity contribution < 1.29 is 9.59 Å². The lowest BCUT2D eigenvalue weighted by Gasteiger charge is -2.33. The van der Waals surface area contributed by atoms with Gasteiger partial charge in [-0.25, -0.2) is 0 Å². The van der Waals surface area contributed by atoms with E-state index >= 15 is 0 Å². The number of nitrogens with one attached hydrogen (secondary N) is 1. The van der Waals surface area contributed by atoms with Gasteiger partial charge in [0.15, 0.2) is 0 Å². The molecule has 164 valence electrons. The Morgan fingerprint density at radius 3 is 2.55 bits per heavy atom. The Balaban J connectivity index is 1.52. The van der Waals surface area contributed by atoms with Crippen LogP contribution in [0.2, 0.25) is 10.0 Å². The molecule has 0 radical (unpaired) electrons. The van der Waals surface area contributed by atoms with Gasteiger partial charge in [-0.3, -0.25) is 9.59 Å². The fourth-order valence-electron chi connectivity index (χ4n) is 4.66. The Morgan fingerprint density at radius 1 is 1.10 bits per heavy atom. The van der Waals surface area contributed by atoms with E-state index in [-0.39, 0.29) is 23.7 Å². The quantitative estimate of drug-likeness (QED) is 0.718. The molecule has 0 spiro atoms. The predicted molar refractivity (Wildman–Crippen MR) is 125 cm³/mol. The van der Waals surface area contributed by atoms with Gasteiger partial charge in [-0.1, -0.05) is 35.3 Å². The van der Waals surface area contributed by atoms with Crippen molar-refractivity contribution in [2.24, 2.45) is 5.92 Å². The summed E-state index contributed by atoms with van der Waals surface area (Å²) in [7, 11) is 2.08. The number of hydrogen-bond donors (Lipinski definition) is 1. The summed E-state index contributed by atoms with van der Waals surface area (Å²) < 4.78 is 0. The van der Waals surface area contributed by atoms with Crippen molar-refractivity contribution in [2.45, 2.75) is 32.2 Å². The van der Waals surface area contributed by atoms with E-state index in [2.05, 4.69) is 23.3 Å². The van der Waals surface area contributed by atoms with Gasteiger partial charge in [-0.2, -0.15) is 0 Å². The first-order valence-electron chi connectivity index (χ1n) is 10.6. The van der Waals surface area contributed by atoms with E-state index in [1.54, 1.807) is 17.9 Å². The van der Waals surface area contributed by atoms with E-state index in [4.69, 9.17) is 23.2 Å². The number of likely N-dealkylation sites (tertiary alicyclic amines) is 1. The van der Waals surface area contributed by atoms with Gasteiger partial charge in [0.05, 0.1) is 0 Å². The van der Waals surface area contributed by atoms with Crippen molar-refractivity contribution in [3.63, 3.8) is 0 Å². The third-order valence-electron chi connectivity index (χ3n) is 6.36. The molecule has 0 aromatic heterocycles. The van der Waals surface area contributed by atoms with Crippen LogP contribution in [-0.2, 0) is 16.1 Å². The van der Waals surface area contributed by atoms with Crippen LogP contribution >= 0.6 is 23.2 Å². The highest BCUT2D eigenvalue weighted by atomic mass is 35.5. The lowest BCUT2D eigenvalue weighted by atomic mass is 9.84. The van der Waals surface area contributed by atoms with Gasteiger partial charge in [0.25, 0.3) is 0 Å². The van der Waals surface area contributed by atoms with Crippen molar-refractivity contribution in [1.82, 2.24) is 9.80 Å². The maximum atomic E-state index is 12.8. The number of rotatable bonds is 3. The predicted octanol–water partition coefficient (Wildman–Crippen LogP) is 4.77. The molecular formula is C24H27Cl2N3O2. The molecule has 1 fully saturated rings. The molecule has 5 nitrogen and oxygen atoms in total. The summed E-state index contributed by atoms with van der Waals surface area (Å²) in [5.74, 6) is 0.149. The van der Waals surface area contributed by atoms with Crippen LogP contribution in [0.25, 0.3) is 0 Å². The minimum atomic E-state index is -0.0709. The first kappa shape index (κ1) is 22.1. The SMILES string of the molecule is CC(=O)N1CCC(C(=O)Nc2cccc(C3CN(C)Cc4c(Cl)cc(Cl)cc43)c2)CC1. The van der Waals surface area contributed by atoms with Crippen LogP contribution in [0.15, 0.2) is 36.4 Å². The number of likely N-dealkylation sites (N-methyl/N-ethyl adjacent to an activating group) is 1. The summed E-state index contributed by atoms with van der Waals surface area (Å²) in [4.78, 5) is 28.4. The lowest BCUT2D eigenvalue weighted by Crippen LogP contribution is -2.40. The molecule has 4 rings (SSSR count). The molecule has 2 aliphatic heterocycles. The van der Waals surface area contributed by atoms with Crippen molar-refractivity contribution >= 4 is 40.7 Å². The summed E-state index contributed by atoms with van der Waals surface area (Å²) in [6, 6.07) is 11.8. The molecule has 1 unspecified atom stereocenters. The second-order valence-electron chi connectivity index (χ2n) is 8.60. The van der Waals surface area contributed by atoms with Crippen LogP contribution in [0, 0.1) is 5.92 Å². The molecule has 7 heteroatoms. The van der Waals surface area contributed by atoms with Gasteiger partial charge >= 0.3 is 0 Å². The largest absolute Gasteiger partial charge is 0.343 e. The summed E-state index contributed by atoms with van der Waals surface area (Å²) in [6.45, 7) is 4.50. The highest BCUT2D eigenvalue weighted by Crippen LogP contribution is 2.39. The van der Waals surface area contributed by atoms with Crippen molar-refractivity contribution in [3.05, 3.63) is 63.1 Å². The van der Waals surface area contributed by atoms with E-state index in [9.17, 15) is 9.59 Å². The number of benzene rings is 2. The van der Waals surface area contributed by atoms with Gasteiger partial charge in [0.1, 0.15) is 0 Å². The molecule has 0 bridgehead atoms. The van der Waals surface area contributed by atoms with E-state index in [1.807, 2.05) is 24.3 Å². The zero-order valence-corrected chi connectivity index (χ0v) is 19.3. The second kappa shape index (κ2) is 9.19. The molecule has 0 aliphatic carbocycles. The lowest BCUT2D eigenvalue weighted by molar-refractivity contribution is -0.132. The summed E-state index contributed by atoms with van der Waals surface area (Å²) in [5, 5.41) is 4.42. The molecular weight excluding hydrogens is 433 g/mol. The summed E-state index contributed by atoms with van der Waals surface area (Å²) in [5.41, 5.74) is 4.17. The number of fused-ring (bicyclic) bond motifs is 1. The van der Waals surface area contributed by atoms with E-state index in [0.29, 0.717) is 36.0 Å². The van der Waals surface area contributed by atoms with Crippen LogP contribution in [0.1, 0.15) is 42.4 Å². The molecule has 2 amide bonds. The maximum Gasteiger partial charge on any atom is 0.227 e. The van der Waals surface area contributed by atoms with Crippen molar-refractivity contribution in [1.29, 1.82) is 0 Å². The molecule has 1 saturated heterocycles. The van der Waals surface area contributed by atoms with Gasteiger partial charge in [-0.15, -0.1) is 0 Å². The zero-order valence-electron chi connectivity index (χ0n) is 17.8. The molecule has 2 aromatic rings. The van der Waals surface area contributed by atoms with Gasteiger partial charge in [-0.05, 0) is 60.8 Å². The first-order valence-corrected chi connectivity index (χ1v) is 11.4. The Morgan fingerprint density at radius 2 is 1.84 bits per heavy atom. The standard InChI is InChI=1S/C24H27Cl2N3O2/c1-15(30)29-8-6-16(7-9-29)24(31)27-19-5-3-4-17(10-19)21-13-28(2)14-22-20(21)11-18(25)12-23(22)26/h3-5,10-12,16,21H,6-9,13-14H2,1-2H3,(H,27,31). The van der Waals surface area contributed by atoms with Gasteiger partial charge in [0, 0.05) is 60.7 Å². The first-order chi connectivity index (χ1) is 14.8. The van der Waals surface area contributed by atoms with Gasteiger partial charge in [0.2, 0.25) is 11.8 Å². The van der Waals surface area contributed by atoms with Crippen LogP contribution in [0.5, 0.6) is 0 Å². The molecule has 0 saturated carbocycles.